The molecule has 2 amide bonds. The maximum Gasteiger partial charge on any atom is 0.302 e. The van der Waals surface area contributed by atoms with Gasteiger partial charge in [0.25, 0.3) is 5.91 Å². The maximum absolute atomic E-state index is 12.1. The van der Waals surface area contributed by atoms with Gasteiger partial charge in [-0.2, -0.15) is 0 Å². The molecule has 0 aromatic rings. The molecule has 16 heavy (non-hydrogen) atoms. The Hall–Kier alpha value is -0.940. The first kappa shape index (κ1) is 11.5. The zero-order valence-electron chi connectivity index (χ0n) is 10.0. The summed E-state index contributed by atoms with van der Waals surface area (Å²) < 4.78 is 0. The van der Waals surface area contributed by atoms with Gasteiger partial charge in [0.2, 0.25) is 0 Å². The second-order valence-electron chi connectivity index (χ2n) is 4.87. The molecule has 90 valence electrons. The molecule has 2 aliphatic heterocycles. The number of hydrogen-bond donors (Lipinski definition) is 1. The highest BCUT2D eigenvalue weighted by Crippen LogP contribution is 2.12. The number of hydrogen-bond acceptors (Lipinski definition) is 3. The predicted octanol–water partition coefficient (Wildman–Crippen LogP) is -1.34. The van der Waals surface area contributed by atoms with Gasteiger partial charge in [-0.15, -0.1) is 0 Å². The lowest BCUT2D eigenvalue weighted by Gasteiger charge is -2.28. The number of nitrogens with one attached hydrogen (secondary N) is 1. The fourth-order valence-corrected chi connectivity index (χ4v) is 2.71. The molecule has 2 saturated heterocycles. The molecule has 0 bridgehead atoms. The number of hydrazine groups is 1. The van der Waals surface area contributed by atoms with Crippen LogP contribution in [-0.2, 0) is 9.59 Å². The van der Waals surface area contributed by atoms with E-state index in [9.17, 15) is 9.59 Å². The molecule has 5 nitrogen and oxygen atoms in total. The van der Waals surface area contributed by atoms with Crippen LogP contribution in [0.1, 0.15) is 25.7 Å². The van der Waals surface area contributed by atoms with Crippen LogP contribution >= 0.6 is 0 Å². The lowest BCUT2D eigenvalue weighted by molar-refractivity contribution is -0.919. The minimum absolute atomic E-state index is 0.0214. The van der Waals surface area contributed by atoms with Crippen molar-refractivity contribution in [2.75, 3.05) is 27.2 Å². The highest BCUT2D eigenvalue weighted by Gasteiger charge is 2.46. The van der Waals surface area contributed by atoms with Gasteiger partial charge in [0, 0.05) is 14.1 Å². The van der Waals surface area contributed by atoms with Gasteiger partial charge in [-0.05, 0) is 19.3 Å². The monoisotopic (exact) mass is 226 g/mol. The standard InChI is InChI=1S/C11H19N3O2/c1-12(2)14-10(15)8-9(11(14)16)13-6-4-3-5-7-13/h9H,3-8H2,1-2H3/p+1/t9-/m1/s1. The molecule has 0 aromatic heterocycles. The van der Waals surface area contributed by atoms with Crippen molar-refractivity contribution in [1.82, 2.24) is 10.0 Å². The minimum atomic E-state index is -0.129. The number of carbonyl (C=O) groups is 2. The summed E-state index contributed by atoms with van der Waals surface area (Å²) in [7, 11) is 3.48. The van der Waals surface area contributed by atoms with Crippen molar-refractivity contribution in [1.29, 1.82) is 0 Å². The van der Waals surface area contributed by atoms with Crippen molar-refractivity contribution in [3.63, 3.8) is 0 Å². The number of quaternary nitrogens is 1. The number of imide groups is 1. The Morgan fingerprint density at radius 3 is 2.31 bits per heavy atom. The van der Waals surface area contributed by atoms with Gasteiger partial charge in [0.1, 0.15) is 0 Å². The Balaban J connectivity index is 2.07. The topological polar surface area (TPSA) is 45.1 Å². The summed E-state index contributed by atoms with van der Waals surface area (Å²) in [6.07, 6.45) is 3.99. The third kappa shape index (κ3) is 1.97. The van der Waals surface area contributed by atoms with E-state index in [1.807, 2.05) is 0 Å². The van der Waals surface area contributed by atoms with E-state index in [1.54, 1.807) is 19.1 Å². The summed E-state index contributed by atoms with van der Waals surface area (Å²) in [5, 5.41) is 2.88. The summed E-state index contributed by atoms with van der Waals surface area (Å²) in [4.78, 5) is 25.1. The van der Waals surface area contributed by atoms with Crippen LogP contribution in [0.2, 0.25) is 0 Å². The molecule has 0 unspecified atom stereocenters. The third-order valence-electron chi connectivity index (χ3n) is 3.51. The summed E-state index contributed by atoms with van der Waals surface area (Å²) >= 11 is 0. The average molecular weight is 226 g/mol. The molecule has 5 heteroatoms. The quantitative estimate of drug-likeness (QED) is 0.593. The third-order valence-corrected chi connectivity index (χ3v) is 3.51. The van der Waals surface area contributed by atoms with Crippen LogP contribution in [0.3, 0.4) is 0 Å². The van der Waals surface area contributed by atoms with E-state index in [-0.39, 0.29) is 17.9 Å². The Bertz CT molecular complexity index is 298. The molecule has 1 atom stereocenters. The fourth-order valence-electron chi connectivity index (χ4n) is 2.71. The highest BCUT2D eigenvalue weighted by molar-refractivity contribution is 6.04. The van der Waals surface area contributed by atoms with E-state index in [1.165, 1.54) is 29.2 Å². The lowest BCUT2D eigenvalue weighted by Crippen LogP contribution is -3.17. The van der Waals surface area contributed by atoms with E-state index in [0.717, 1.165) is 13.1 Å². The molecule has 2 rings (SSSR count). The first-order valence-electron chi connectivity index (χ1n) is 6.00. The van der Waals surface area contributed by atoms with Crippen molar-refractivity contribution in [2.45, 2.75) is 31.7 Å². The van der Waals surface area contributed by atoms with Crippen LogP contribution in [-0.4, -0.2) is 55.1 Å². The van der Waals surface area contributed by atoms with Gasteiger partial charge >= 0.3 is 5.91 Å². The van der Waals surface area contributed by atoms with E-state index in [0.29, 0.717) is 6.42 Å². The second-order valence-corrected chi connectivity index (χ2v) is 4.87. The van der Waals surface area contributed by atoms with E-state index < -0.39 is 0 Å². The molecule has 0 aromatic carbocycles. The molecule has 0 radical (unpaired) electrons. The van der Waals surface area contributed by atoms with Crippen molar-refractivity contribution in [3.05, 3.63) is 0 Å². The Kier molecular flexibility index (Phi) is 3.25. The van der Waals surface area contributed by atoms with Crippen molar-refractivity contribution in [3.8, 4) is 0 Å². The van der Waals surface area contributed by atoms with Crippen LogP contribution in [0.15, 0.2) is 0 Å². The highest BCUT2D eigenvalue weighted by atomic mass is 16.2. The van der Waals surface area contributed by atoms with Gasteiger partial charge in [0.05, 0.1) is 19.5 Å². The van der Waals surface area contributed by atoms with Gasteiger partial charge < -0.3 is 4.90 Å². The Labute approximate surface area is 95.9 Å². The van der Waals surface area contributed by atoms with Crippen molar-refractivity contribution < 1.29 is 14.5 Å². The molecular weight excluding hydrogens is 206 g/mol. The summed E-state index contributed by atoms with van der Waals surface area (Å²) in [6.45, 7) is 2.07. The van der Waals surface area contributed by atoms with Gasteiger partial charge in [0.15, 0.2) is 6.04 Å². The maximum atomic E-state index is 12.1. The van der Waals surface area contributed by atoms with Crippen molar-refractivity contribution in [2.24, 2.45) is 0 Å². The zero-order valence-corrected chi connectivity index (χ0v) is 10.0. The summed E-state index contributed by atoms with van der Waals surface area (Å²) in [5.74, 6) is -0.0787. The first-order chi connectivity index (χ1) is 7.61. The summed E-state index contributed by atoms with van der Waals surface area (Å²) in [5.41, 5.74) is 0. The molecule has 0 aliphatic carbocycles. The van der Waals surface area contributed by atoms with Crippen LogP contribution in [0, 0.1) is 0 Å². The Morgan fingerprint density at radius 1 is 1.19 bits per heavy atom. The smallest absolute Gasteiger partial charge is 0.302 e. The molecule has 2 heterocycles. The molecular formula is C11H20N3O2+. The van der Waals surface area contributed by atoms with Crippen LogP contribution in [0.25, 0.3) is 0 Å². The first-order valence-corrected chi connectivity index (χ1v) is 6.00. The normalized spacial score (nSPS) is 28.2. The SMILES string of the molecule is CN(C)N1C(=O)C[C@@H]([NH+]2CCCCC2)C1=O. The van der Waals surface area contributed by atoms with Gasteiger partial charge in [-0.3, -0.25) is 9.59 Å². The fraction of sp³-hybridized carbons (Fsp3) is 0.818. The predicted molar refractivity (Wildman–Crippen MR) is 58.5 cm³/mol. The lowest BCUT2D eigenvalue weighted by atomic mass is 10.1. The van der Waals surface area contributed by atoms with E-state index in [2.05, 4.69) is 0 Å². The second kappa shape index (κ2) is 4.51. The molecule has 1 N–H and O–H groups in total. The number of carbonyl (C=O) groups excluding carboxylic acids is 2. The van der Waals surface area contributed by atoms with Crippen LogP contribution < -0.4 is 4.90 Å². The number of nitrogens with zero attached hydrogens (tertiary/aromatic N) is 2. The number of rotatable bonds is 2. The Morgan fingerprint density at radius 2 is 1.81 bits per heavy atom. The van der Waals surface area contributed by atoms with Gasteiger partial charge in [-0.1, -0.05) is 0 Å². The summed E-state index contributed by atoms with van der Waals surface area (Å²) in [6, 6.07) is -0.129. The van der Waals surface area contributed by atoms with E-state index >= 15 is 0 Å². The minimum Gasteiger partial charge on any atom is -0.324 e. The average Bonchev–Trinajstić information content (AvgIpc) is 2.55. The molecule has 2 fully saturated rings. The van der Waals surface area contributed by atoms with Crippen LogP contribution in [0.4, 0.5) is 0 Å². The van der Waals surface area contributed by atoms with Gasteiger partial charge in [-0.25, -0.2) is 10.0 Å². The number of piperidine rings is 1. The molecule has 2 aliphatic rings. The van der Waals surface area contributed by atoms with Crippen molar-refractivity contribution >= 4 is 11.8 Å². The van der Waals surface area contributed by atoms with E-state index in [4.69, 9.17) is 0 Å². The van der Waals surface area contributed by atoms with Crippen LogP contribution in [0.5, 0.6) is 0 Å². The number of likely N-dealkylation sites (tertiary alicyclic amines) is 1. The number of amides is 2. The molecule has 0 saturated carbocycles. The zero-order chi connectivity index (χ0) is 11.7. The largest absolute Gasteiger partial charge is 0.324 e. The molecule has 0 spiro atoms.